The van der Waals surface area contributed by atoms with Crippen LogP contribution in [0.15, 0.2) is 30.6 Å². The van der Waals surface area contributed by atoms with Gasteiger partial charge in [0, 0.05) is 32.2 Å². The zero-order valence-electron chi connectivity index (χ0n) is 19.8. The number of amides is 1. The van der Waals surface area contributed by atoms with Crippen molar-refractivity contribution in [1.82, 2.24) is 9.97 Å². The van der Waals surface area contributed by atoms with E-state index in [9.17, 15) is 4.79 Å². The molecule has 0 saturated carbocycles. The average Bonchev–Trinajstić information content (AvgIpc) is 2.81. The van der Waals surface area contributed by atoms with E-state index in [2.05, 4.69) is 52.2 Å². The highest BCUT2D eigenvalue weighted by Gasteiger charge is 2.24. The van der Waals surface area contributed by atoms with Gasteiger partial charge in [0.1, 0.15) is 0 Å². The monoisotopic (exact) mass is 475 g/mol. The first-order valence-electron chi connectivity index (χ1n) is 11.5. The molecule has 0 bridgehead atoms. The van der Waals surface area contributed by atoms with Crippen LogP contribution in [-0.4, -0.2) is 48.3 Å². The zero-order valence-corrected chi connectivity index (χ0v) is 20.8. The normalized spacial score (nSPS) is 14.8. The van der Waals surface area contributed by atoms with Gasteiger partial charge in [0.05, 0.1) is 36.1 Å². The molecule has 0 spiro atoms. The number of rotatable bonds is 11. The Morgan fingerprint density at radius 1 is 1.24 bits per heavy atom. The first kappa shape index (κ1) is 26.7. The number of carbonyl (C=O) groups excluding carboxylic acids is 1. The van der Waals surface area contributed by atoms with E-state index < -0.39 is 0 Å². The molecular weight excluding hydrogens is 438 g/mol. The van der Waals surface area contributed by atoms with E-state index in [4.69, 9.17) is 15.2 Å². The molecular formula is C24H37N5O3S. The molecule has 0 aliphatic carbocycles. The van der Waals surface area contributed by atoms with Crippen LogP contribution in [0.3, 0.4) is 0 Å². The number of ether oxygens (including phenoxy) is 2. The Kier molecular flexibility index (Phi) is 10.7. The van der Waals surface area contributed by atoms with Crippen molar-refractivity contribution in [3.63, 3.8) is 0 Å². The van der Waals surface area contributed by atoms with Crippen LogP contribution in [0.2, 0.25) is 0 Å². The lowest BCUT2D eigenvalue weighted by atomic mass is 9.92. The SMILES string of the molecule is CCOc1ncc(Nc2cc([C@H](CC)CC(N)=O)ccc2N(CC)C2CCOCC2)cn1.S. The highest BCUT2D eigenvalue weighted by molar-refractivity contribution is 7.59. The summed E-state index contributed by atoms with van der Waals surface area (Å²) in [6.45, 7) is 9.13. The minimum Gasteiger partial charge on any atom is -0.464 e. The fourth-order valence-corrected chi connectivity index (χ4v) is 4.26. The third-order valence-corrected chi connectivity index (χ3v) is 5.89. The number of primary amides is 1. The standard InChI is InChI=1S/C24H35N5O3.H2S/c1-4-17(14-23(25)30)18-7-8-22(29(5-2)20-9-11-31-12-10-20)21(13-18)28-19-15-26-24(27-16-19)32-6-3;/h7-8,13,15-17,20,28H,4-6,9-12,14H2,1-3H3,(H2,25,30);1H2/t17-;/m1./s1. The summed E-state index contributed by atoms with van der Waals surface area (Å²) in [5, 5.41) is 3.50. The second-order valence-corrected chi connectivity index (χ2v) is 7.99. The van der Waals surface area contributed by atoms with Crippen LogP contribution in [-0.2, 0) is 9.53 Å². The lowest BCUT2D eigenvalue weighted by Gasteiger charge is -2.37. The third-order valence-electron chi connectivity index (χ3n) is 5.89. The molecule has 3 rings (SSSR count). The van der Waals surface area contributed by atoms with Crippen molar-refractivity contribution in [2.75, 3.05) is 36.6 Å². The maximum Gasteiger partial charge on any atom is 0.316 e. The summed E-state index contributed by atoms with van der Waals surface area (Å²) < 4.78 is 10.9. The fraction of sp³-hybridized carbons (Fsp3) is 0.542. The molecule has 182 valence electrons. The molecule has 1 fully saturated rings. The second-order valence-electron chi connectivity index (χ2n) is 7.99. The summed E-state index contributed by atoms with van der Waals surface area (Å²) in [4.78, 5) is 22.6. The van der Waals surface area contributed by atoms with E-state index in [0.29, 0.717) is 25.1 Å². The maximum absolute atomic E-state index is 11.6. The van der Waals surface area contributed by atoms with Gasteiger partial charge < -0.3 is 25.4 Å². The smallest absolute Gasteiger partial charge is 0.316 e. The lowest BCUT2D eigenvalue weighted by molar-refractivity contribution is -0.118. The van der Waals surface area contributed by atoms with Gasteiger partial charge in [-0.15, -0.1) is 0 Å². The topological polar surface area (TPSA) is 103 Å². The number of hydrogen-bond acceptors (Lipinski definition) is 7. The van der Waals surface area contributed by atoms with Gasteiger partial charge in [-0.05, 0) is 56.7 Å². The van der Waals surface area contributed by atoms with Gasteiger partial charge in [0.15, 0.2) is 0 Å². The molecule has 0 radical (unpaired) electrons. The van der Waals surface area contributed by atoms with E-state index in [1.165, 1.54) is 0 Å². The summed E-state index contributed by atoms with van der Waals surface area (Å²) >= 11 is 0. The number of carbonyl (C=O) groups is 1. The van der Waals surface area contributed by atoms with Gasteiger partial charge in [-0.3, -0.25) is 4.79 Å². The molecule has 9 heteroatoms. The molecule has 1 amide bonds. The molecule has 2 aromatic rings. The van der Waals surface area contributed by atoms with Crippen LogP contribution in [0.5, 0.6) is 6.01 Å². The van der Waals surface area contributed by atoms with Crippen LogP contribution in [0, 0.1) is 0 Å². The Morgan fingerprint density at radius 3 is 2.52 bits per heavy atom. The third kappa shape index (κ3) is 7.23. The Balaban J connectivity index is 0.00000385. The predicted molar refractivity (Wildman–Crippen MR) is 137 cm³/mol. The molecule has 1 aliphatic rings. The zero-order chi connectivity index (χ0) is 22.9. The first-order valence-corrected chi connectivity index (χ1v) is 11.5. The largest absolute Gasteiger partial charge is 0.464 e. The summed E-state index contributed by atoms with van der Waals surface area (Å²) in [5.41, 5.74) is 9.45. The lowest BCUT2D eigenvalue weighted by Crippen LogP contribution is -2.39. The van der Waals surface area contributed by atoms with Crippen LogP contribution < -0.4 is 20.7 Å². The van der Waals surface area contributed by atoms with Gasteiger partial charge in [-0.25, -0.2) is 9.97 Å². The number of nitrogens with one attached hydrogen (secondary N) is 1. The molecule has 1 saturated heterocycles. The molecule has 8 nitrogen and oxygen atoms in total. The van der Waals surface area contributed by atoms with E-state index >= 15 is 0 Å². The predicted octanol–water partition coefficient (Wildman–Crippen LogP) is 4.11. The van der Waals surface area contributed by atoms with Crippen LogP contribution in [0.4, 0.5) is 17.1 Å². The minimum atomic E-state index is -0.285. The molecule has 2 heterocycles. The van der Waals surface area contributed by atoms with E-state index in [0.717, 1.165) is 61.6 Å². The number of nitrogens with two attached hydrogens (primary N) is 1. The number of aromatic nitrogens is 2. The van der Waals surface area contributed by atoms with Crippen molar-refractivity contribution in [1.29, 1.82) is 0 Å². The number of anilines is 3. The molecule has 3 N–H and O–H groups in total. The Hall–Kier alpha value is -2.52. The van der Waals surface area contributed by atoms with E-state index in [-0.39, 0.29) is 25.3 Å². The number of nitrogens with zero attached hydrogens (tertiary/aromatic N) is 3. The number of benzene rings is 1. The summed E-state index contributed by atoms with van der Waals surface area (Å²) in [7, 11) is 0. The van der Waals surface area contributed by atoms with Gasteiger partial charge in [0.25, 0.3) is 0 Å². The van der Waals surface area contributed by atoms with Crippen molar-refractivity contribution in [3.8, 4) is 6.01 Å². The Labute approximate surface area is 203 Å². The fourth-order valence-electron chi connectivity index (χ4n) is 4.26. The molecule has 0 unspecified atom stereocenters. The molecule has 1 aliphatic heterocycles. The molecule has 1 atom stereocenters. The summed E-state index contributed by atoms with van der Waals surface area (Å²) in [6, 6.07) is 7.18. The first-order chi connectivity index (χ1) is 15.5. The van der Waals surface area contributed by atoms with Crippen LogP contribution in [0.25, 0.3) is 0 Å². The molecule has 33 heavy (non-hydrogen) atoms. The van der Waals surface area contributed by atoms with E-state index in [1.54, 1.807) is 12.4 Å². The summed E-state index contributed by atoms with van der Waals surface area (Å²) in [6.07, 6.45) is 6.62. The molecule has 1 aromatic carbocycles. The summed E-state index contributed by atoms with van der Waals surface area (Å²) in [5.74, 6) is -0.204. The molecule has 1 aromatic heterocycles. The van der Waals surface area contributed by atoms with Crippen molar-refractivity contribution < 1.29 is 14.3 Å². The number of hydrogen-bond donors (Lipinski definition) is 2. The van der Waals surface area contributed by atoms with E-state index in [1.807, 2.05) is 6.92 Å². The van der Waals surface area contributed by atoms with Crippen LogP contribution in [0.1, 0.15) is 57.9 Å². The van der Waals surface area contributed by atoms with Gasteiger partial charge in [0.2, 0.25) is 5.91 Å². The van der Waals surface area contributed by atoms with Crippen molar-refractivity contribution in [2.45, 2.75) is 58.4 Å². The van der Waals surface area contributed by atoms with Gasteiger partial charge >= 0.3 is 6.01 Å². The van der Waals surface area contributed by atoms with Gasteiger partial charge in [-0.2, -0.15) is 13.5 Å². The van der Waals surface area contributed by atoms with Crippen molar-refractivity contribution >= 4 is 36.5 Å². The highest BCUT2D eigenvalue weighted by Crippen LogP contribution is 2.36. The maximum atomic E-state index is 11.6. The second kappa shape index (κ2) is 13.3. The average molecular weight is 476 g/mol. The minimum absolute atomic E-state index is 0. The van der Waals surface area contributed by atoms with Crippen molar-refractivity contribution in [2.24, 2.45) is 5.73 Å². The highest BCUT2D eigenvalue weighted by atomic mass is 32.1. The Morgan fingerprint density at radius 2 is 1.94 bits per heavy atom. The van der Waals surface area contributed by atoms with Crippen molar-refractivity contribution in [3.05, 3.63) is 36.2 Å². The quantitative estimate of drug-likeness (QED) is 0.504. The van der Waals surface area contributed by atoms with Crippen LogP contribution >= 0.6 is 13.5 Å². The van der Waals surface area contributed by atoms with Gasteiger partial charge in [-0.1, -0.05) is 13.0 Å². The Bertz CT molecular complexity index is 875.